The van der Waals surface area contributed by atoms with Crippen LogP contribution in [-0.2, 0) is 0 Å². The van der Waals surface area contributed by atoms with E-state index >= 15 is 0 Å². The van der Waals surface area contributed by atoms with E-state index in [1.807, 2.05) is 13.0 Å². The number of nitrogens with zero attached hydrogens (tertiary/aromatic N) is 1. The summed E-state index contributed by atoms with van der Waals surface area (Å²) in [4.78, 5) is 4.22. The van der Waals surface area contributed by atoms with Crippen LogP contribution in [-0.4, -0.2) is 23.0 Å². The van der Waals surface area contributed by atoms with Crippen LogP contribution in [0.1, 0.15) is 5.56 Å². The molecule has 0 radical (unpaired) electrons. The average molecular weight is 221 g/mol. The SMILES string of the molecule is C#CCSCCNc1cc(N)c(C)cn1. The van der Waals surface area contributed by atoms with Crippen LogP contribution < -0.4 is 11.1 Å². The second kappa shape index (κ2) is 6.20. The Labute approximate surface area is 94.9 Å². The minimum atomic E-state index is 0.755. The van der Waals surface area contributed by atoms with E-state index < -0.39 is 0 Å². The highest BCUT2D eigenvalue weighted by atomic mass is 32.2. The molecule has 4 heteroatoms. The van der Waals surface area contributed by atoms with Crippen molar-refractivity contribution in [3.05, 3.63) is 17.8 Å². The molecule has 0 amide bonds. The summed E-state index contributed by atoms with van der Waals surface area (Å²) in [5.41, 5.74) is 7.53. The summed E-state index contributed by atoms with van der Waals surface area (Å²) < 4.78 is 0. The minimum absolute atomic E-state index is 0.755. The number of nitrogen functional groups attached to an aromatic ring is 1. The standard InChI is InChI=1S/C11H15N3S/c1-3-5-15-6-4-13-11-7-10(12)9(2)8-14-11/h1,7-8H,4-6H2,2H3,(H3,12,13,14). The fourth-order valence-corrected chi connectivity index (χ4v) is 1.53. The summed E-state index contributed by atoms with van der Waals surface area (Å²) in [5, 5.41) is 3.19. The third-order valence-corrected chi connectivity index (χ3v) is 2.75. The van der Waals surface area contributed by atoms with Gasteiger partial charge in [-0.3, -0.25) is 0 Å². The van der Waals surface area contributed by atoms with Gasteiger partial charge >= 0.3 is 0 Å². The predicted molar refractivity (Wildman–Crippen MR) is 68.0 cm³/mol. The molecule has 0 spiro atoms. The molecule has 0 atom stereocenters. The van der Waals surface area contributed by atoms with Gasteiger partial charge in [0.15, 0.2) is 0 Å². The van der Waals surface area contributed by atoms with Gasteiger partial charge in [0.1, 0.15) is 5.82 Å². The molecule has 15 heavy (non-hydrogen) atoms. The van der Waals surface area contributed by atoms with Crippen LogP contribution in [0.15, 0.2) is 12.3 Å². The first-order valence-electron chi connectivity index (χ1n) is 4.71. The summed E-state index contributed by atoms with van der Waals surface area (Å²) in [6.07, 6.45) is 6.91. The molecule has 0 unspecified atom stereocenters. The number of terminal acetylenes is 1. The van der Waals surface area contributed by atoms with Gasteiger partial charge < -0.3 is 11.1 Å². The first kappa shape index (κ1) is 11.7. The Morgan fingerprint density at radius 2 is 2.47 bits per heavy atom. The van der Waals surface area contributed by atoms with E-state index in [0.717, 1.165) is 35.1 Å². The van der Waals surface area contributed by atoms with Gasteiger partial charge in [-0.05, 0) is 12.5 Å². The number of nitrogens with one attached hydrogen (secondary N) is 1. The predicted octanol–water partition coefficient (Wildman–Crippen LogP) is 1.75. The van der Waals surface area contributed by atoms with Crippen LogP contribution in [0.25, 0.3) is 0 Å². The molecular weight excluding hydrogens is 206 g/mol. The van der Waals surface area contributed by atoms with Crippen molar-refractivity contribution in [2.45, 2.75) is 6.92 Å². The second-order valence-corrected chi connectivity index (χ2v) is 4.21. The van der Waals surface area contributed by atoms with Crippen molar-refractivity contribution in [3.63, 3.8) is 0 Å². The Bertz CT molecular complexity index is 357. The molecule has 0 aliphatic heterocycles. The molecule has 1 heterocycles. The first-order chi connectivity index (χ1) is 7.24. The molecule has 0 saturated heterocycles. The van der Waals surface area contributed by atoms with Crippen LogP contribution in [0.3, 0.4) is 0 Å². The maximum atomic E-state index is 5.76. The average Bonchev–Trinajstić information content (AvgIpc) is 2.23. The Balaban J connectivity index is 2.32. The van der Waals surface area contributed by atoms with Gasteiger partial charge in [-0.25, -0.2) is 4.98 Å². The van der Waals surface area contributed by atoms with Crippen molar-refractivity contribution < 1.29 is 0 Å². The van der Waals surface area contributed by atoms with Crippen LogP contribution in [0.2, 0.25) is 0 Å². The molecule has 0 bridgehead atoms. The lowest BCUT2D eigenvalue weighted by Gasteiger charge is -2.06. The van der Waals surface area contributed by atoms with Crippen molar-refractivity contribution in [1.82, 2.24) is 4.98 Å². The van der Waals surface area contributed by atoms with Crippen LogP contribution in [0.4, 0.5) is 11.5 Å². The highest BCUT2D eigenvalue weighted by Gasteiger charge is 1.97. The number of thioether (sulfide) groups is 1. The number of hydrogen-bond donors (Lipinski definition) is 2. The lowest BCUT2D eigenvalue weighted by molar-refractivity contribution is 1.16. The molecule has 0 aromatic carbocycles. The van der Waals surface area contributed by atoms with Gasteiger partial charge in [0, 0.05) is 30.2 Å². The molecule has 0 aliphatic carbocycles. The third kappa shape index (κ3) is 4.13. The molecular formula is C11H15N3S. The van der Waals surface area contributed by atoms with E-state index in [9.17, 15) is 0 Å². The highest BCUT2D eigenvalue weighted by Crippen LogP contribution is 2.13. The number of aromatic nitrogens is 1. The molecule has 1 aromatic rings. The van der Waals surface area contributed by atoms with E-state index in [1.54, 1.807) is 18.0 Å². The normalized spacial score (nSPS) is 9.60. The monoisotopic (exact) mass is 221 g/mol. The Hall–Kier alpha value is -1.34. The molecule has 80 valence electrons. The number of nitrogens with two attached hydrogens (primary N) is 1. The van der Waals surface area contributed by atoms with Gasteiger partial charge in [0.25, 0.3) is 0 Å². The summed E-state index contributed by atoms with van der Waals surface area (Å²) in [7, 11) is 0. The number of hydrogen-bond acceptors (Lipinski definition) is 4. The number of anilines is 2. The van der Waals surface area contributed by atoms with Crippen molar-refractivity contribution in [1.29, 1.82) is 0 Å². The molecule has 3 nitrogen and oxygen atoms in total. The molecule has 0 fully saturated rings. The molecule has 1 rings (SSSR count). The van der Waals surface area contributed by atoms with Crippen molar-refractivity contribution in [2.24, 2.45) is 0 Å². The summed E-state index contributed by atoms with van der Waals surface area (Å²) in [5.74, 6) is 5.13. The van der Waals surface area contributed by atoms with E-state index in [4.69, 9.17) is 12.2 Å². The van der Waals surface area contributed by atoms with Gasteiger partial charge in [-0.1, -0.05) is 5.92 Å². The van der Waals surface area contributed by atoms with E-state index in [0.29, 0.717) is 0 Å². The lowest BCUT2D eigenvalue weighted by Crippen LogP contribution is -2.06. The molecule has 1 aromatic heterocycles. The zero-order valence-electron chi connectivity index (χ0n) is 8.79. The summed E-state index contributed by atoms with van der Waals surface area (Å²) in [6, 6.07) is 1.85. The topological polar surface area (TPSA) is 50.9 Å². The fourth-order valence-electron chi connectivity index (χ4n) is 1.02. The lowest BCUT2D eigenvalue weighted by atomic mass is 10.2. The van der Waals surface area contributed by atoms with E-state index in [-0.39, 0.29) is 0 Å². The summed E-state index contributed by atoms with van der Waals surface area (Å²) >= 11 is 1.72. The third-order valence-electron chi connectivity index (χ3n) is 1.88. The maximum Gasteiger partial charge on any atom is 0.127 e. The van der Waals surface area contributed by atoms with Crippen molar-refractivity contribution in [2.75, 3.05) is 29.1 Å². The molecule has 3 N–H and O–H groups in total. The Morgan fingerprint density at radius 3 is 3.13 bits per heavy atom. The summed E-state index contributed by atoms with van der Waals surface area (Å²) in [6.45, 7) is 2.79. The first-order valence-corrected chi connectivity index (χ1v) is 5.86. The fraction of sp³-hybridized carbons (Fsp3) is 0.364. The van der Waals surface area contributed by atoms with Gasteiger partial charge in [0.05, 0.1) is 5.75 Å². The largest absolute Gasteiger partial charge is 0.398 e. The Kier molecular flexibility index (Phi) is 4.85. The van der Waals surface area contributed by atoms with E-state index in [2.05, 4.69) is 16.2 Å². The quantitative estimate of drug-likeness (QED) is 0.587. The molecule has 0 saturated carbocycles. The Morgan fingerprint density at radius 1 is 1.67 bits per heavy atom. The number of pyridine rings is 1. The van der Waals surface area contributed by atoms with Crippen molar-refractivity contribution >= 4 is 23.3 Å². The maximum absolute atomic E-state index is 5.76. The van der Waals surface area contributed by atoms with Crippen LogP contribution in [0.5, 0.6) is 0 Å². The van der Waals surface area contributed by atoms with Crippen LogP contribution >= 0.6 is 11.8 Å². The molecule has 0 aliphatic rings. The van der Waals surface area contributed by atoms with E-state index in [1.165, 1.54) is 0 Å². The second-order valence-electron chi connectivity index (χ2n) is 3.11. The van der Waals surface area contributed by atoms with Crippen molar-refractivity contribution in [3.8, 4) is 12.3 Å². The number of aryl methyl sites for hydroxylation is 1. The number of rotatable bonds is 5. The smallest absolute Gasteiger partial charge is 0.127 e. The van der Waals surface area contributed by atoms with Crippen LogP contribution in [0, 0.1) is 19.3 Å². The highest BCUT2D eigenvalue weighted by molar-refractivity contribution is 7.99. The van der Waals surface area contributed by atoms with Gasteiger partial charge in [0.2, 0.25) is 0 Å². The minimum Gasteiger partial charge on any atom is -0.398 e. The zero-order valence-corrected chi connectivity index (χ0v) is 9.60. The zero-order chi connectivity index (χ0) is 11.1. The van der Waals surface area contributed by atoms with Gasteiger partial charge in [-0.15, -0.1) is 18.2 Å². The van der Waals surface area contributed by atoms with Gasteiger partial charge in [-0.2, -0.15) is 0 Å².